The normalized spacial score (nSPS) is 12.4. The van der Waals surface area contributed by atoms with Crippen LogP contribution >= 0.6 is 7.60 Å². The molecule has 0 aliphatic carbocycles. The Balaban J connectivity index is 2.15. The Labute approximate surface area is 182 Å². The van der Waals surface area contributed by atoms with E-state index in [-0.39, 0.29) is 34.1 Å². The molecule has 0 atom stereocenters. The predicted molar refractivity (Wildman–Crippen MR) is 117 cm³/mol. The summed E-state index contributed by atoms with van der Waals surface area (Å²) in [5.41, 5.74) is -0.117. The van der Waals surface area contributed by atoms with Crippen molar-refractivity contribution in [1.29, 1.82) is 0 Å². The molecule has 0 aromatic heterocycles. The fourth-order valence-corrected chi connectivity index (χ4v) is 4.05. The predicted octanol–water partition coefficient (Wildman–Crippen LogP) is 3.01. The number of phenolic OH excluding ortho intramolecular Hbond substituents is 1. The molecule has 0 spiro atoms. The van der Waals surface area contributed by atoms with Crippen LogP contribution in [-0.2, 0) is 19.5 Å². The minimum Gasteiger partial charge on any atom is -0.505 e. The summed E-state index contributed by atoms with van der Waals surface area (Å²) in [5, 5.41) is 21.2. The summed E-state index contributed by atoms with van der Waals surface area (Å²) in [5.74, 6) is -0.723. The number of anilines is 1. The van der Waals surface area contributed by atoms with Gasteiger partial charge in [-0.3, -0.25) is 13.9 Å². The Morgan fingerprint density at radius 1 is 1.09 bits per heavy atom. The van der Waals surface area contributed by atoms with E-state index in [0.29, 0.717) is 5.69 Å². The first kappa shape index (κ1) is 23.5. The number of rotatable bonds is 7. The molecule has 0 aliphatic rings. The third-order valence-electron chi connectivity index (χ3n) is 4.30. The van der Waals surface area contributed by atoms with Crippen molar-refractivity contribution in [3.63, 3.8) is 0 Å². The highest BCUT2D eigenvalue weighted by Gasteiger charge is 2.22. The van der Waals surface area contributed by atoms with Crippen LogP contribution in [0.4, 0.5) is 17.1 Å². The van der Waals surface area contributed by atoms with E-state index in [1.54, 1.807) is 6.07 Å². The number of nitrogens with one attached hydrogen (secondary N) is 1. The Morgan fingerprint density at radius 3 is 2.44 bits per heavy atom. The average molecular weight is 479 g/mol. The maximum absolute atomic E-state index is 11.9. The first-order valence-corrected chi connectivity index (χ1v) is 12.0. The van der Waals surface area contributed by atoms with Gasteiger partial charge in [0.15, 0.2) is 5.75 Å². The molecular formula is C19H18N3O8PS. The van der Waals surface area contributed by atoms with Crippen molar-refractivity contribution in [2.45, 2.75) is 11.8 Å². The molecule has 0 aliphatic heterocycles. The summed E-state index contributed by atoms with van der Waals surface area (Å²) >= 11 is 0. The minimum absolute atomic E-state index is 0.0246. The zero-order valence-electron chi connectivity index (χ0n) is 16.5. The molecule has 168 valence electrons. The summed E-state index contributed by atoms with van der Waals surface area (Å²) in [6.07, 6.45) is 0. The number of Topliss-reactive ketones (excluding diaryl/α,β-unsaturated/α-hetero) is 1. The molecule has 13 heteroatoms. The van der Waals surface area contributed by atoms with Gasteiger partial charge in [-0.05, 0) is 48.7 Å². The van der Waals surface area contributed by atoms with Crippen LogP contribution < -0.4 is 10.6 Å². The first-order chi connectivity index (χ1) is 14.9. The molecule has 3 rings (SSSR count). The number of hydrogen-bond donors (Lipinski definition) is 5. The third kappa shape index (κ3) is 5.36. The van der Waals surface area contributed by atoms with Gasteiger partial charge >= 0.3 is 7.60 Å². The Hall–Kier alpha value is -3.15. The molecule has 0 heterocycles. The average Bonchev–Trinajstić information content (AvgIpc) is 2.70. The highest BCUT2D eigenvalue weighted by atomic mass is 32.2. The molecular weight excluding hydrogens is 461 g/mol. The van der Waals surface area contributed by atoms with Gasteiger partial charge in [-0.25, -0.2) is 0 Å². The van der Waals surface area contributed by atoms with Gasteiger partial charge in [0.25, 0.3) is 10.1 Å². The maximum Gasteiger partial charge on any atom is 0.356 e. The van der Waals surface area contributed by atoms with E-state index in [0.717, 1.165) is 12.1 Å². The van der Waals surface area contributed by atoms with Gasteiger partial charge < -0.3 is 20.2 Å². The topological polar surface area (TPSA) is 186 Å². The second kappa shape index (κ2) is 8.77. The number of phenols is 1. The molecule has 0 unspecified atom stereocenters. The standard InChI is InChI=1S/C19H18N3O8PS/c1-11(23)10-20-13-6-5-12-7-17(32(28,29)30)18(19(24)16(12)9-13)22-21-14-3-2-4-15(8-14)31(25,26)27/h2-9,20,24H,10H2,1H3,(H2,25,26,27)(H,28,29,30). The van der Waals surface area contributed by atoms with Crippen LogP contribution in [0, 0.1) is 0 Å². The molecule has 0 radical (unpaired) electrons. The Morgan fingerprint density at radius 2 is 1.81 bits per heavy atom. The molecule has 0 saturated heterocycles. The van der Waals surface area contributed by atoms with Gasteiger partial charge in [0.05, 0.1) is 17.5 Å². The van der Waals surface area contributed by atoms with Crippen molar-refractivity contribution in [2.75, 3.05) is 11.9 Å². The second-order valence-electron chi connectivity index (χ2n) is 6.80. The quantitative estimate of drug-likeness (QED) is 0.193. The fraction of sp³-hybridized carbons (Fsp3) is 0.105. The summed E-state index contributed by atoms with van der Waals surface area (Å²) in [6, 6.07) is 10.5. The number of nitrogens with zero attached hydrogens (tertiary/aromatic N) is 2. The smallest absolute Gasteiger partial charge is 0.356 e. The second-order valence-corrected chi connectivity index (χ2v) is 9.80. The maximum atomic E-state index is 11.9. The molecule has 5 N–H and O–H groups in total. The van der Waals surface area contributed by atoms with Crippen LogP contribution in [0.25, 0.3) is 10.8 Å². The summed E-state index contributed by atoms with van der Waals surface area (Å²) < 4.78 is 44.8. The van der Waals surface area contributed by atoms with Crippen molar-refractivity contribution < 1.29 is 37.2 Å². The summed E-state index contributed by atoms with van der Waals surface area (Å²) in [6.45, 7) is 1.43. The van der Waals surface area contributed by atoms with Crippen LogP contribution in [0.1, 0.15) is 6.92 Å². The number of azo groups is 1. The van der Waals surface area contributed by atoms with Crippen LogP contribution in [-0.4, -0.2) is 40.2 Å². The van der Waals surface area contributed by atoms with E-state index in [2.05, 4.69) is 15.5 Å². The number of benzene rings is 3. The molecule has 3 aromatic carbocycles. The van der Waals surface area contributed by atoms with Crippen molar-refractivity contribution in [2.24, 2.45) is 10.2 Å². The highest BCUT2D eigenvalue weighted by Crippen LogP contribution is 2.42. The van der Waals surface area contributed by atoms with Crippen molar-refractivity contribution >= 4 is 56.6 Å². The van der Waals surface area contributed by atoms with Crippen molar-refractivity contribution in [3.05, 3.63) is 48.5 Å². The van der Waals surface area contributed by atoms with Crippen molar-refractivity contribution in [3.8, 4) is 5.75 Å². The number of carbonyl (C=O) groups excluding carboxylic acids is 1. The largest absolute Gasteiger partial charge is 0.505 e. The number of ketones is 1. The molecule has 0 saturated carbocycles. The SMILES string of the molecule is CC(=O)CNc1ccc2cc(S(=O)(=O)O)c(N=Nc3cccc(P(=O)(O)O)c3)c(O)c2c1. The third-order valence-corrected chi connectivity index (χ3v) is 6.12. The van der Waals surface area contributed by atoms with E-state index in [4.69, 9.17) is 0 Å². The monoisotopic (exact) mass is 479 g/mol. The number of hydrogen-bond acceptors (Lipinski definition) is 8. The Kier molecular flexibility index (Phi) is 6.44. The van der Waals surface area contributed by atoms with E-state index in [9.17, 15) is 37.2 Å². The minimum atomic E-state index is -4.81. The van der Waals surface area contributed by atoms with Crippen LogP contribution in [0.5, 0.6) is 5.75 Å². The molecule has 0 amide bonds. The van der Waals surface area contributed by atoms with E-state index in [1.807, 2.05) is 0 Å². The molecule has 11 nitrogen and oxygen atoms in total. The van der Waals surface area contributed by atoms with E-state index in [1.165, 1.54) is 37.3 Å². The van der Waals surface area contributed by atoms with E-state index >= 15 is 0 Å². The lowest BCUT2D eigenvalue weighted by molar-refractivity contribution is -0.115. The lowest BCUT2D eigenvalue weighted by Gasteiger charge is -2.11. The number of aromatic hydroxyl groups is 1. The molecule has 0 fully saturated rings. The lowest BCUT2D eigenvalue weighted by atomic mass is 10.1. The lowest BCUT2D eigenvalue weighted by Crippen LogP contribution is -2.09. The van der Waals surface area contributed by atoms with Gasteiger partial charge in [0.2, 0.25) is 0 Å². The molecule has 32 heavy (non-hydrogen) atoms. The van der Waals surface area contributed by atoms with Crippen LogP contribution in [0.15, 0.2) is 63.7 Å². The van der Waals surface area contributed by atoms with Gasteiger partial charge in [-0.1, -0.05) is 12.1 Å². The summed E-state index contributed by atoms with van der Waals surface area (Å²) in [4.78, 5) is 29.0. The van der Waals surface area contributed by atoms with Gasteiger partial charge in [-0.2, -0.15) is 13.5 Å². The van der Waals surface area contributed by atoms with Crippen molar-refractivity contribution in [1.82, 2.24) is 0 Å². The van der Waals surface area contributed by atoms with Gasteiger partial charge in [0.1, 0.15) is 16.4 Å². The molecule has 0 bridgehead atoms. The van der Waals surface area contributed by atoms with Gasteiger partial charge in [-0.15, -0.1) is 5.11 Å². The zero-order chi connectivity index (χ0) is 23.7. The Bertz CT molecular complexity index is 1400. The van der Waals surface area contributed by atoms with Gasteiger partial charge in [0, 0.05) is 11.1 Å². The number of fused-ring (bicyclic) bond motifs is 1. The molecule has 3 aromatic rings. The number of carbonyl (C=O) groups is 1. The van der Waals surface area contributed by atoms with E-state index < -0.39 is 34.0 Å². The fourth-order valence-electron chi connectivity index (χ4n) is 2.81. The zero-order valence-corrected chi connectivity index (χ0v) is 18.2. The highest BCUT2D eigenvalue weighted by molar-refractivity contribution is 7.86. The summed E-state index contributed by atoms with van der Waals surface area (Å²) in [7, 11) is -9.37. The van der Waals surface area contributed by atoms with Crippen LogP contribution in [0.3, 0.4) is 0 Å². The first-order valence-electron chi connectivity index (χ1n) is 8.95. The van der Waals surface area contributed by atoms with Crippen LogP contribution in [0.2, 0.25) is 0 Å².